The molecular weight excluding hydrogens is 257 g/mol. The lowest BCUT2D eigenvalue weighted by atomic mass is 10.2. The summed E-state index contributed by atoms with van der Waals surface area (Å²) in [6.07, 6.45) is 5.02. The van der Waals surface area contributed by atoms with Crippen LogP contribution in [0.15, 0.2) is 30.5 Å². The quantitative estimate of drug-likeness (QED) is 0.932. The number of hydrogen-bond donors (Lipinski definition) is 1. The van der Waals surface area contributed by atoms with Crippen LogP contribution in [0.5, 0.6) is 0 Å². The highest BCUT2D eigenvalue weighted by atomic mass is 19.1. The minimum atomic E-state index is -0.276. The molecule has 1 aliphatic heterocycles. The third-order valence-electron chi connectivity index (χ3n) is 3.51. The first-order valence-corrected chi connectivity index (χ1v) is 6.81. The average molecular weight is 273 g/mol. The topological polar surface area (TPSA) is 46.9 Å². The number of nitrogens with zero attached hydrogens (tertiary/aromatic N) is 2. The van der Waals surface area contributed by atoms with Crippen LogP contribution in [0.4, 0.5) is 4.39 Å². The van der Waals surface area contributed by atoms with Crippen molar-refractivity contribution in [3.63, 3.8) is 0 Å². The smallest absolute Gasteiger partial charge is 0.271 e. The number of halogens is 1. The van der Waals surface area contributed by atoms with E-state index in [4.69, 9.17) is 0 Å². The van der Waals surface area contributed by atoms with Gasteiger partial charge in [-0.3, -0.25) is 4.79 Å². The van der Waals surface area contributed by atoms with Crippen molar-refractivity contribution in [2.45, 2.75) is 32.4 Å². The molecule has 3 rings (SSSR count). The molecule has 1 aliphatic rings. The van der Waals surface area contributed by atoms with Crippen LogP contribution in [0, 0.1) is 5.82 Å². The van der Waals surface area contributed by atoms with Gasteiger partial charge in [-0.25, -0.2) is 9.37 Å². The summed E-state index contributed by atoms with van der Waals surface area (Å²) in [5, 5.41) is 2.81. The van der Waals surface area contributed by atoms with Crippen LogP contribution < -0.4 is 5.32 Å². The van der Waals surface area contributed by atoms with Gasteiger partial charge in [0.15, 0.2) is 0 Å². The van der Waals surface area contributed by atoms with Crippen molar-refractivity contribution >= 4 is 5.91 Å². The maximum absolute atomic E-state index is 12.8. The van der Waals surface area contributed by atoms with Crippen molar-refractivity contribution in [3.8, 4) is 0 Å². The van der Waals surface area contributed by atoms with E-state index in [2.05, 4.69) is 14.9 Å². The molecule has 0 aliphatic carbocycles. The van der Waals surface area contributed by atoms with Gasteiger partial charge in [-0.1, -0.05) is 12.1 Å². The Kier molecular flexibility index (Phi) is 3.50. The summed E-state index contributed by atoms with van der Waals surface area (Å²) in [4.78, 5) is 16.4. The highest BCUT2D eigenvalue weighted by molar-refractivity contribution is 5.92. The van der Waals surface area contributed by atoms with Gasteiger partial charge in [-0.15, -0.1) is 0 Å². The molecule has 0 spiro atoms. The van der Waals surface area contributed by atoms with E-state index in [0.29, 0.717) is 12.2 Å². The first-order chi connectivity index (χ1) is 9.72. The number of amides is 1. The zero-order valence-electron chi connectivity index (χ0n) is 11.1. The number of carbonyl (C=O) groups is 1. The summed E-state index contributed by atoms with van der Waals surface area (Å²) in [5.74, 6) is 0.529. The SMILES string of the molecule is O=C(NCc1ccc(F)cc1)c1cn2c(n1)CCCC2. The van der Waals surface area contributed by atoms with Crippen LogP contribution in [0.25, 0.3) is 0 Å². The number of aryl methyl sites for hydroxylation is 2. The van der Waals surface area contributed by atoms with E-state index in [1.807, 2.05) is 6.20 Å². The second kappa shape index (κ2) is 5.45. The van der Waals surface area contributed by atoms with Gasteiger partial charge in [0.05, 0.1) is 0 Å². The van der Waals surface area contributed by atoms with E-state index in [0.717, 1.165) is 37.2 Å². The molecule has 20 heavy (non-hydrogen) atoms. The molecule has 2 heterocycles. The molecule has 0 bridgehead atoms. The minimum absolute atomic E-state index is 0.184. The summed E-state index contributed by atoms with van der Waals surface area (Å²) in [7, 11) is 0. The largest absolute Gasteiger partial charge is 0.347 e. The van der Waals surface area contributed by atoms with E-state index in [1.165, 1.54) is 12.1 Å². The first kappa shape index (κ1) is 12.8. The third kappa shape index (κ3) is 2.71. The normalized spacial score (nSPS) is 13.8. The van der Waals surface area contributed by atoms with Gasteiger partial charge in [0.1, 0.15) is 17.3 Å². The minimum Gasteiger partial charge on any atom is -0.347 e. The van der Waals surface area contributed by atoms with Crippen LogP contribution in [0.1, 0.15) is 34.7 Å². The van der Waals surface area contributed by atoms with Crippen molar-refractivity contribution in [3.05, 3.63) is 53.4 Å². The van der Waals surface area contributed by atoms with Crippen molar-refractivity contribution in [1.29, 1.82) is 0 Å². The first-order valence-electron chi connectivity index (χ1n) is 6.81. The Bertz CT molecular complexity index is 595. The average Bonchev–Trinajstić information content (AvgIpc) is 2.90. The molecule has 0 radical (unpaired) electrons. The van der Waals surface area contributed by atoms with Crippen molar-refractivity contribution in [1.82, 2.24) is 14.9 Å². The van der Waals surface area contributed by atoms with Gasteiger partial charge < -0.3 is 9.88 Å². The lowest BCUT2D eigenvalue weighted by Crippen LogP contribution is -2.23. The summed E-state index contributed by atoms with van der Waals surface area (Å²) in [5.41, 5.74) is 1.33. The number of nitrogens with one attached hydrogen (secondary N) is 1. The fourth-order valence-corrected chi connectivity index (χ4v) is 2.40. The van der Waals surface area contributed by atoms with Crippen molar-refractivity contribution in [2.75, 3.05) is 0 Å². The molecule has 0 unspecified atom stereocenters. The number of benzene rings is 1. The number of rotatable bonds is 3. The van der Waals surface area contributed by atoms with E-state index in [9.17, 15) is 9.18 Å². The summed E-state index contributed by atoms with van der Waals surface area (Å²) >= 11 is 0. The van der Waals surface area contributed by atoms with E-state index in [1.54, 1.807) is 12.1 Å². The van der Waals surface area contributed by atoms with Gasteiger partial charge in [0.2, 0.25) is 0 Å². The highest BCUT2D eigenvalue weighted by Gasteiger charge is 2.16. The van der Waals surface area contributed by atoms with Gasteiger partial charge in [0, 0.05) is 25.7 Å². The molecule has 1 aromatic carbocycles. The summed E-state index contributed by atoms with van der Waals surface area (Å²) < 4.78 is 14.8. The second-order valence-electron chi connectivity index (χ2n) is 5.00. The van der Waals surface area contributed by atoms with Crippen LogP contribution >= 0.6 is 0 Å². The predicted octanol–water partition coefficient (Wildman–Crippen LogP) is 2.29. The maximum atomic E-state index is 12.8. The molecule has 1 amide bonds. The van der Waals surface area contributed by atoms with Crippen LogP contribution in [0.3, 0.4) is 0 Å². The lowest BCUT2D eigenvalue weighted by Gasteiger charge is -2.11. The number of fused-ring (bicyclic) bond motifs is 1. The number of imidazole rings is 1. The van der Waals surface area contributed by atoms with E-state index >= 15 is 0 Å². The molecule has 1 N–H and O–H groups in total. The molecule has 1 aromatic heterocycles. The number of aromatic nitrogens is 2. The molecular formula is C15H16FN3O. The molecule has 0 saturated carbocycles. The molecule has 5 heteroatoms. The standard InChI is InChI=1S/C15H16FN3O/c16-12-6-4-11(5-7-12)9-17-15(20)13-10-19-8-2-1-3-14(19)18-13/h4-7,10H,1-3,8-9H2,(H,17,20). The molecule has 0 atom stereocenters. The zero-order chi connectivity index (χ0) is 13.9. The van der Waals surface area contributed by atoms with Crippen molar-refractivity contribution < 1.29 is 9.18 Å². The van der Waals surface area contributed by atoms with E-state index < -0.39 is 0 Å². The Hall–Kier alpha value is -2.17. The fraction of sp³-hybridized carbons (Fsp3) is 0.333. The molecule has 104 valence electrons. The Morgan fingerprint density at radius 1 is 1.30 bits per heavy atom. The van der Waals surface area contributed by atoms with Gasteiger partial charge in [-0.2, -0.15) is 0 Å². The zero-order valence-corrected chi connectivity index (χ0v) is 11.1. The molecule has 0 saturated heterocycles. The predicted molar refractivity (Wildman–Crippen MR) is 72.7 cm³/mol. The van der Waals surface area contributed by atoms with Crippen molar-refractivity contribution in [2.24, 2.45) is 0 Å². The van der Waals surface area contributed by atoms with Crippen LogP contribution in [-0.2, 0) is 19.5 Å². The molecule has 4 nitrogen and oxygen atoms in total. The molecule has 0 fully saturated rings. The Balaban J connectivity index is 1.64. The number of hydrogen-bond acceptors (Lipinski definition) is 2. The Morgan fingerprint density at radius 3 is 2.85 bits per heavy atom. The Morgan fingerprint density at radius 2 is 2.10 bits per heavy atom. The second-order valence-corrected chi connectivity index (χ2v) is 5.00. The fourth-order valence-electron chi connectivity index (χ4n) is 2.40. The van der Waals surface area contributed by atoms with Gasteiger partial charge >= 0.3 is 0 Å². The Labute approximate surface area is 116 Å². The maximum Gasteiger partial charge on any atom is 0.271 e. The van der Waals surface area contributed by atoms with Gasteiger partial charge in [0.25, 0.3) is 5.91 Å². The monoisotopic (exact) mass is 273 g/mol. The van der Waals surface area contributed by atoms with Crippen LogP contribution in [-0.4, -0.2) is 15.5 Å². The van der Waals surface area contributed by atoms with E-state index in [-0.39, 0.29) is 11.7 Å². The van der Waals surface area contributed by atoms with Crippen LogP contribution in [0.2, 0.25) is 0 Å². The van der Waals surface area contributed by atoms with Gasteiger partial charge in [-0.05, 0) is 30.5 Å². The lowest BCUT2D eigenvalue weighted by molar-refractivity contribution is 0.0946. The third-order valence-corrected chi connectivity index (χ3v) is 3.51. The number of carbonyl (C=O) groups excluding carboxylic acids is 1. The summed E-state index contributed by atoms with van der Waals surface area (Å²) in [6, 6.07) is 6.09. The highest BCUT2D eigenvalue weighted by Crippen LogP contribution is 2.14. The summed E-state index contributed by atoms with van der Waals surface area (Å²) in [6.45, 7) is 1.31. The molecule has 2 aromatic rings.